The lowest BCUT2D eigenvalue weighted by atomic mass is 10.0. The van der Waals surface area contributed by atoms with Gasteiger partial charge in [0.05, 0.1) is 24.7 Å². The van der Waals surface area contributed by atoms with Crippen molar-refractivity contribution in [1.82, 2.24) is 9.55 Å². The first-order valence-corrected chi connectivity index (χ1v) is 4.83. The van der Waals surface area contributed by atoms with Gasteiger partial charge in [-0.2, -0.15) is 0 Å². The van der Waals surface area contributed by atoms with Crippen LogP contribution in [0.1, 0.15) is 30.3 Å². The summed E-state index contributed by atoms with van der Waals surface area (Å²) in [4.78, 5) is 14.6. The van der Waals surface area contributed by atoms with Gasteiger partial charge < -0.3 is 9.30 Å². The molecule has 1 fully saturated rings. The molecule has 0 bridgehead atoms. The first kappa shape index (κ1) is 9.40. The maximum absolute atomic E-state index is 10.7. The molecule has 2 rings (SSSR count). The second-order valence-corrected chi connectivity index (χ2v) is 3.97. The second-order valence-electron chi connectivity index (χ2n) is 3.97. The van der Waals surface area contributed by atoms with E-state index in [4.69, 9.17) is 4.74 Å². The Hall–Kier alpha value is -1.16. The Morgan fingerprint density at radius 3 is 3.29 bits per heavy atom. The van der Waals surface area contributed by atoms with Gasteiger partial charge in [-0.15, -0.1) is 0 Å². The molecular weight excluding hydrogens is 180 g/mol. The molecular formula is C10H14N2O2. The summed E-state index contributed by atoms with van der Waals surface area (Å²) in [6.07, 6.45) is 6.22. The molecule has 0 aliphatic carbocycles. The van der Waals surface area contributed by atoms with Gasteiger partial charge in [0.15, 0.2) is 6.29 Å². The molecule has 76 valence electrons. The fraction of sp³-hybridized carbons (Fsp3) is 0.600. The number of nitrogens with zero attached hydrogens (tertiary/aromatic N) is 2. The molecule has 1 unspecified atom stereocenters. The third-order valence-electron chi connectivity index (χ3n) is 2.67. The maximum Gasteiger partial charge on any atom is 0.168 e. The van der Waals surface area contributed by atoms with E-state index >= 15 is 0 Å². The Bertz CT molecular complexity index is 327. The van der Waals surface area contributed by atoms with Crippen LogP contribution in [0.5, 0.6) is 0 Å². The fourth-order valence-corrected chi connectivity index (χ4v) is 1.88. The van der Waals surface area contributed by atoms with E-state index < -0.39 is 0 Å². The highest BCUT2D eigenvalue weighted by molar-refractivity contribution is 5.71. The van der Waals surface area contributed by atoms with Gasteiger partial charge in [0.2, 0.25) is 0 Å². The number of carbonyl (C=O) groups excluding carboxylic acids is 1. The quantitative estimate of drug-likeness (QED) is 0.680. The number of rotatable bonds is 3. The zero-order valence-electron chi connectivity index (χ0n) is 8.27. The van der Waals surface area contributed by atoms with Crippen molar-refractivity contribution in [1.29, 1.82) is 0 Å². The highest BCUT2D eigenvalue weighted by Crippen LogP contribution is 2.26. The van der Waals surface area contributed by atoms with E-state index in [0.717, 1.165) is 25.7 Å². The normalized spacial score (nSPS) is 26.6. The van der Waals surface area contributed by atoms with E-state index in [2.05, 4.69) is 11.9 Å². The van der Waals surface area contributed by atoms with Gasteiger partial charge in [-0.1, -0.05) is 0 Å². The molecule has 0 saturated carbocycles. The summed E-state index contributed by atoms with van der Waals surface area (Å²) in [6.45, 7) is 3.61. The van der Waals surface area contributed by atoms with Crippen molar-refractivity contribution in [3.8, 4) is 0 Å². The average Bonchev–Trinajstić information content (AvgIpc) is 2.75. The van der Waals surface area contributed by atoms with Crippen molar-refractivity contribution in [3.63, 3.8) is 0 Å². The molecule has 0 N–H and O–H groups in total. The van der Waals surface area contributed by atoms with E-state index in [1.807, 2.05) is 4.57 Å². The molecule has 0 radical (unpaired) electrons. The first-order valence-electron chi connectivity index (χ1n) is 4.83. The Morgan fingerprint density at radius 2 is 2.64 bits per heavy atom. The first-order chi connectivity index (χ1) is 6.73. The number of carbonyl (C=O) groups is 1. The highest BCUT2D eigenvalue weighted by atomic mass is 16.5. The number of hydrogen-bond donors (Lipinski definition) is 0. The van der Waals surface area contributed by atoms with Crippen LogP contribution in [0.15, 0.2) is 12.5 Å². The predicted molar refractivity (Wildman–Crippen MR) is 51.2 cm³/mol. The van der Waals surface area contributed by atoms with Gasteiger partial charge >= 0.3 is 0 Å². The molecule has 4 nitrogen and oxygen atoms in total. The SMILES string of the molecule is CC1(Cn2cncc2C=O)CCCO1. The minimum absolute atomic E-state index is 0.127. The van der Waals surface area contributed by atoms with Gasteiger partial charge in [0.25, 0.3) is 0 Å². The standard InChI is InChI=1S/C10H14N2O2/c1-10(3-2-4-14-10)7-12-8-11-5-9(12)6-13/h5-6,8H,2-4,7H2,1H3. The van der Waals surface area contributed by atoms with E-state index in [1.165, 1.54) is 0 Å². The van der Waals surface area contributed by atoms with Crippen LogP contribution < -0.4 is 0 Å². The molecule has 14 heavy (non-hydrogen) atoms. The minimum atomic E-state index is -0.127. The van der Waals surface area contributed by atoms with E-state index in [9.17, 15) is 4.79 Å². The summed E-state index contributed by atoms with van der Waals surface area (Å²) in [5.74, 6) is 0. The van der Waals surface area contributed by atoms with Crippen molar-refractivity contribution in [2.45, 2.75) is 31.9 Å². The second kappa shape index (κ2) is 3.53. The molecule has 1 aliphatic rings. The van der Waals surface area contributed by atoms with Crippen molar-refractivity contribution in [3.05, 3.63) is 18.2 Å². The summed E-state index contributed by atoms with van der Waals surface area (Å²) in [5.41, 5.74) is 0.486. The van der Waals surface area contributed by atoms with Gasteiger partial charge in [0, 0.05) is 6.61 Å². The molecule has 1 aromatic heterocycles. The molecule has 2 heterocycles. The molecule has 0 amide bonds. The summed E-state index contributed by atoms with van der Waals surface area (Å²) in [5, 5.41) is 0. The smallest absolute Gasteiger partial charge is 0.168 e. The van der Waals surface area contributed by atoms with Gasteiger partial charge in [0.1, 0.15) is 5.69 Å². The Morgan fingerprint density at radius 1 is 1.79 bits per heavy atom. The monoisotopic (exact) mass is 194 g/mol. The molecule has 0 spiro atoms. The predicted octanol–water partition coefficient (Wildman–Crippen LogP) is 1.26. The average molecular weight is 194 g/mol. The number of aldehydes is 1. The molecule has 1 saturated heterocycles. The van der Waals surface area contributed by atoms with Crippen LogP contribution in [-0.4, -0.2) is 28.0 Å². The van der Waals surface area contributed by atoms with Crippen LogP contribution in [-0.2, 0) is 11.3 Å². The van der Waals surface area contributed by atoms with Crippen molar-refractivity contribution in [2.24, 2.45) is 0 Å². The molecule has 1 atom stereocenters. The van der Waals surface area contributed by atoms with Crippen LogP contribution in [0.4, 0.5) is 0 Å². The van der Waals surface area contributed by atoms with E-state index in [-0.39, 0.29) is 5.60 Å². The minimum Gasteiger partial charge on any atom is -0.373 e. The van der Waals surface area contributed by atoms with Crippen molar-refractivity contribution in [2.75, 3.05) is 6.61 Å². The Labute approximate surface area is 82.9 Å². The zero-order chi connectivity index (χ0) is 10.0. The summed E-state index contributed by atoms with van der Waals surface area (Å²) >= 11 is 0. The lowest BCUT2D eigenvalue weighted by Gasteiger charge is -2.23. The topological polar surface area (TPSA) is 44.1 Å². The zero-order valence-corrected chi connectivity index (χ0v) is 8.27. The summed E-state index contributed by atoms with van der Waals surface area (Å²) in [6, 6.07) is 0. The fourth-order valence-electron chi connectivity index (χ4n) is 1.88. The molecule has 4 heteroatoms. The number of imidazole rings is 1. The van der Waals surface area contributed by atoms with Gasteiger partial charge in [-0.05, 0) is 19.8 Å². The summed E-state index contributed by atoms with van der Waals surface area (Å²) < 4.78 is 7.49. The van der Waals surface area contributed by atoms with Crippen LogP contribution in [0.2, 0.25) is 0 Å². The number of ether oxygens (including phenoxy) is 1. The third-order valence-corrected chi connectivity index (χ3v) is 2.67. The van der Waals surface area contributed by atoms with Crippen LogP contribution >= 0.6 is 0 Å². The van der Waals surface area contributed by atoms with Crippen LogP contribution in [0.25, 0.3) is 0 Å². The Balaban J connectivity index is 2.13. The van der Waals surface area contributed by atoms with Crippen LogP contribution in [0, 0.1) is 0 Å². The number of aromatic nitrogens is 2. The van der Waals surface area contributed by atoms with E-state index in [1.54, 1.807) is 12.5 Å². The van der Waals surface area contributed by atoms with E-state index in [0.29, 0.717) is 12.2 Å². The van der Waals surface area contributed by atoms with Gasteiger partial charge in [-0.3, -0.25) is 4.79 Å². The number of hydrogen-bond acceptors (Lipinski definition) is 3. The molecule has 1 aromatic rings. The van der Waals surface area contributed by atoms with Crippen molar-refractivity contribution < 1.29 is 9.53 Å². The van der Waals surface area contributed by atoms with Crippen LogP contribution in [0.3, 0.4) is 0 Å². The third kappa shape index (κ3) is 1.70. The lowest BCUT2D eigenvalue weighted by molar-refractivity contribution is 0.00593. The molecule has 1 aliphatic heterocycles. The maximum atomic E-state index is 10.7. The molecule has 0 aromatic carbocycles. The Kier molecular flexibility index (Phi) is 2.37. The van der Waals surface area contributed by atoms with Gasteiger partial charge in [-0.25, -0.2) is 4.98 Å². The highest BCUT2D eigenvalue weighted by Gasteiger charge is 2.30. The largest absolute Gasteiger partial charge is 0.373 e. The lowest BCUT2D eigenvalue weighted by Crippen LogP contribution is -2.29. The summed E-state index contributed by atoms with van der Waals surface area (Å²) in [7, 11) is 0. The van der Waals surface area contributed by atoms with Crippen molar-refractivity contribution >= 4 is 6.29 Å².